The van der Waals surface area contributed by atoms with E-state index in [4.69, 9.17) is 18.9 Å². The van der Waals surface area contributed by atoms with Crippen LogP contribution in [-0.4, -0.2) is 59.3 Å². The van der Waals surface area contributed by atoms with E-state index in [2.05, 4.69) is 20.8 Å². The number of ketones is 1. The summed E-state index contributed by atoms with van der Waals surface area (Å²) >= 11 is 0. The number of allylic oxidation sites excluding steroid dienone is 1. The largest absolute Gasteiger partial charge is 0.454 e. The number of ether oxygens (including phenoxy) is 4. The fourth-order valence-electron chi connectivity index (χ4n) is 7.82. The van der Waals surface area contributed by atoms with E-state index >= 15 is 0 Å². The van der Waals surface area contributed by atoms with E-state index in [1.54, 1.807) is 0 Å². The Kier molecular flexibility index (Phi) is 4.68. The molecule has 5 aliphatic rings. The summed E-state index contributed by atoms with van der Waals surface area (Å²) < 4.78 is 25.0. The van der Waals surface area contributed by atoms with Crippen molar-refractivity contribution in [2.45, 2.75) is 104 Å². The molecule has 2 aliphatic heterocycles. The highest BCUT2D eigenvalue weighted by molar-refractivity contribution is 5.97. The summed E-state index contributed by atoms with van der Waals surface area (Å²) in [5.74, 6) is -1.93. The van der Waals surface area contributed by atoms with Gasteiger partial charge in [-0.2, -0.15) is 0 Å². The molecule has 2 saturated heterocycles. The van der Waals surface area contributed by atoms with Crippen LogP contribution in [0.1, 0.15) is 67.7 Å². The van der Waals surface area contributed by atoms with Crippen molar-refractivity contribution < 1.29 is 33.6 Å². The van der Waals surface area contributed by atoms with Crippen molar-refractivity contribution >= 4 is 11.8 Å². The van der Waals surface area contributed by atoms with Gasteiger partial charge in [0.05, 0.1) is 18.8 Å². The van der Waals surface area contributed by atoms with Crippen LogP contribution in [-0.2, 0) is 28.5 Å². The second kappa shape index (κ2) is 6.65. The molecule has 2 bridgehead atoms. The van der Waals surface area contributed by atoms with Crippen LogP contribution in [0, 0.1) is 22.7 Å². The molecular formula is C25H36O7. The maximum Gasteiger partial charge on any atom is 0.303 e. The lowest BCUT2D eigenvalue weighted by molar-refractivity contribution is -0.334. The van der Waals surface area contributed by atoms with Crippen molar-refractivity contribution in [3.05, 3.63) is 11.1 Å². The molecule has 2 heterocycles. The molecular weight excluding hydrogens is 412 g/mol. The molecule has 7 heteroatoms. The second-order valence-corrected chi connectivity index (χ2v) is 11.8. The number of fused-ring (bicyclic) bond motifs is 8. The highest BCUT2D eigenvalue weighted by atomic mass is 16.8. The topological polar surface area (TPSA) is 91.3 Å². The van der Waals surface area contributed by atoms with Gasteiger partial charge >= 0.3 is 5.97 Å². The summed E-state index contributed by atoms with van der Waals surface area (Å²) in [4.78, 5) is 25.4. The highest BCUT2D eigenvalue weighted by Gasteiger charge is 2.73. The lowest BCUT2D eigenvalue weighted by Gasteiger charge is -2.65. The van der Waals surface area contributed by atoms with Crippen LogP contribution in [0.4, 0.5) is 0 Å². The fourth-order valence-corrected chi connectivity index (χ4v) is 7.82. The summed E-state index contributed by atoms with van der Waals surface area (Å²) in [5, 5.41) is 12.1. The van der Waals surface area contributed by atoms with Gasteiger partial charge in [0.15, 0.2) is 17.2 Å². The van der Waals surface area contributed by atoms with Crippen LogP contribution in [0.5, 0.6) is 0 Å². The maximum absolute atomic E-state index is 13.1. The minimum Gasteiger partial charge on any atom is -0.454 e. The Balaban J connectivity index is 1.75. The number of hydrogen-bond acceptors (Lipinski definition) is 7. The molecule has 0 radical (unpaired) electrons. The quantitative estimate of drug-likeness (QED) is 0.617. The molecule has 178 valence electrons. The summed E-state index contributed by atoms with van der Waals surface area (Å²) in [5.41, 5.74) is -0.269. The molecule has 0 aromatic rings. The molecule has 4 fully saturated rings. The molecule has 1 N–H and O–H groups in total. The maximum atomic E-state index is 13.1. The molecule has 0 aromatic carbocycles. The van der Waals surface area contributed by atoms with Gasteiger partial charge in [-0.3, -0.25) is 9.59 Å². The Labute approximate surface area is 189 Å². The fraction of sp³-hybridized carbons (Fsp3) is 0.840. The number of rotatable bonds is 1. The minimum atomic E-state index is -0.925. The Hall–Kier alpha value is -1.28. The van der Waals surface area contributed by atoms with Crippen molar-refractivity contribution in [3.8, 4) is 0 Å². The van der Waals surface area contributed by atoms with Gasteiger partial charge < -0.3 is 24.1 Å². The van der Waals surface area contributed by atoms with Gasteiger partial charge in [-0.15, -0.1) is 0 Å². The van der Waals surface area contributed by atoms with Gasteiger partial charge in [-0.05, 0) is 50.2 Å². The van der Waals surface area contributed by atoms with Crippen LogP contribution < -0.4 is 0 Å². The van der Waals surface area contributed by atoms with Gasteiger partial charge in [-0.1, -0.05) is 20.8 Å². The lowest BCUT2D eigenvalue weighted by Crippen LogP contribution is -2.76. The molecule has 3 aliphatic carbocycles. The first-order valence-electron chi connectivity index (χ1n) is 11.8. The number of carbonyl (C=O) groups excluding carboxylic acids is 2. The van der Waals surface area contributed by atoms with E-state index in [-0.39, 0.29) is 42.9 Å². The molecule has 7 nitrogen and oxygen atoms in total. The average molecular weight is 449 g/mol. The molecule has 5 rings (SSSR count). The zero-order valence-electron chi connectivity index (χ0n) is 20.2. The Morgan fingerprint density at radius 3 is 2.44 bits per heavy atom. The van der Waals surface area contributed by atoms with Crippen molar-refractivity contribution in [3.63, 3.8) is 0 Å². The third-order valence-corrected chi connectivity index (χ3v) is 9.20. The molecule has 0 aromatic heterocycles. The highest BCUT2D eigenvalue weighted by Crippen LogP contribution is 2.65. The van der Waals surface area contributed by atoms with E-state index in [0.29, 0.717) is 6.42 Å². The summed E-state index contributed by atoms with van der Waals surface area (Å²) in [6.07, 6.45) is -0.186. The van der Waals surface area contributed by atoms with Gasteiger partial charge in [-0.25, -0.2) is 0 Å². The van der Waals surface area contributed by atoms with Crippen molar-refractivity contribution in [1.29, 1.82) is 0 Å². The van der Waals surface area contributed by atoms with Crippen LogP contribution in [0.2, 0.25) is 0 Å². The van der Waals surface area contributed by atoms with Crippen LogP contribution in [0.3, 0.4) is 0 Å². The molecule has 0 unspecified atom stereocenters. The smallest absolute Gasteiger partial charge is 0.303 e. The Morgan fingerprint density at radius 2 is 1.84 bits per heavy atom. The third kappa shape index (κ3) is 2.74. The van der Waals surface area contributed by atoms with Crippen molar-refractivity contribution in [2.24, 2.45) is 22.7 Å². The molecule has 0 amide bonds. The number of aliphatic hydroxyl groups excluding tert-OH is 1. The SMILES string of the molecule is CC(=O)O[C@@]12CO[C@@H]1CC[C@@]1(C)[C@H]3OC(C)(C)O[C@@H]3C3=C(C)C(=O)C[C@@H]([C@@H](O)[C@@H]12)C3(C)C. The normalized spacial score (nSPS) is 48.6. The van der Waals surface area contributed by atoms with Gasteiger partial charge in [0.2, 0.25) is 0 Å². The van der Waals surface area contributed by atoms with Crippen LogP contribution in [0.15, 0.2) is 11.1 Å². The molecule has 8 atom stereocenters. The molecule has 32 heavy (non-hydrogen) atoms. The zero-order valence-corrected chi connectivity index (χ0v) is 20.2. The molecule has 0 spiro atoms. The number of aliphatic hydroxyl groups is 1. The van der Waals surface area contributed by atoms with Gasteiger partial charge in [0, 0.05) is 30.6 Å². The monoisotopic (exact) mass is 448 g/mol. The van der Waals surface area contributed by atoms with E-state index in [1.807, 2.05) is 20.8 Å². The number of hydrogen-bond donors (Lipinski definition) is 1. The third-order valence-electron chi connectivity index (χ3n) is 9.20. The predicted molar refractivity (Wildman–Crippen MR) is 114 cm³/mol. The van der Waals surface area contributed by atoms with Crippen molar-refractivity contribution in [2.75, 3.05) is 6.61 Å². The summed E-state index contributed by atoms with van der Waals surface area (Å²) in [6.45, 7) is 13.7. The van der Waals surface area contributed by atoms with E-state index in [9.17, 15) is 14.7 Å². The standard InChI is InChI=1S/C25H36O7/c1-12-15(27)10-14-18(28)20-24(7,9-8-16-25(20,11-29-16)30-13(2)26)21-19(17(12)22(14,3)4)31-23(5,6)32-21/h14,16,18-21,28H,8-11H2,1-7H3/t14-,16+,18+,19+,20-,21-,24+,25-/m0/s1. The van der Waals surface area contributed by atoms with Crippen LogP contribution in [0.25, 0.3) is 0 Å². The number of Topliss-reactive ketones (excluding diaryl/α,β-unsaturated/α-hetero) is 1. The predicted octanol–water partition coefficient (Wildman–Crippen LogP) is 2.93. The Morgan fingerprint density at radius 1 is 1.16 bits per heavy atom. The lowest BCUT2D eigenvalue weighted by atomic mass is 9.46. The van der Waals surface area contributed by atoms with Gasteiger partial charge in [0.1, 0.15) is 12.2 Å². The first-order chi connectivity index (χ1) is 14.7. The van der Waals surface area contributed by atoms with Crippen molar-refractivity contribution in [1.82, 2.24) is 0 Å². The Bertz CT molecular complexity index is 904. The minimum absolute atomic E-state index is 0.0396. The number of esters is 1. The number of carbonyl (C=O) groups is 2. The molecule has 2 saturated carbocycles. The summed E-state index contributed by atoms with van der Waals surface area (Å²) in [7, 11) is 0. The first kappa shape index (κ1) is 22.5. The van der Waals surface area contributed by atoms with Crippen LogP contribution >= 0.6 is 0 Å². The van der Waals surface area contributed by atoms with E-state index in [0.717, 1.165) is 17.6 Å². The average Bonchev–Trinajstić information content (AvgIpc) is 2.96. The second-order valence-electron chi connectivity index (χ2n) is 11.8. The zero-order chi connectivity index (χ0) is 23.4. The summed E-state index contributed by atoms with van der Waals surface area (Å²) in [6, 6.07) is 0. The van der Waals surface area contributed by atoms with E-state index in [1.165, 1.54) is 6.92 Å². The van der Waals surface area contributed by atoms with E-state index < -0.39 is 40.3 Å². The van der Waals surface area contributed by atoms with Gasteiger partial charge in [0.25, 0.3) is 0 Å². The first-order valence-corrected chi connectivity index (χ1v) is 11.8.